The topological polar surface area (TPSA) is 37.4 Å². The summed E-state index contributed by atoms with van der Waals surface area (Å²) in [4.78, 5) is 24.7. The Bertz CT molecular complexity index is 395. The van der Waals surface area contributed by atoms with Crippen LogP contribution in [0.4, 0.5) is 0 Å². The Morgan fingerprint density at radius 3 is 2.44 bits per heavy atom. The average Bonchev–Trinajstić information content (AvgIpc) is 2.30. The number of nitrogens with zero attached hydrogens (tertiary/aromatic N) is 1. The second kappa shape index (κ2) is 5.45. The fraction of sp³-hybridized carbons (Fsp3) is 0.385. The Morgan fingerprint density at radius 2 is 1.94 bits per heavy atom. The first kappa shape index (κ1) is 12.4. The maximum Gasteiger partial charge on any atom is 0.254 e. The summed E-state index contributed by atoms with van der Waals surface area (Å²) in [5.74, 6) is -0.0733. The minimum atomic E-state index is -0.0733. The molecular formula is C13H17NO2. The zero-order valence-corrected chi connectivity index (χ0v) is 9.99. The van der Waals surface area contributed by atoms with E-state index in [9.17, 15) is 9.59 Å². The van der Waals surface area contributed by atoms with E-state index in [1.54, 1.807) is 17.0 Å². The molecule has 3 heteroatoms. The minimum Gasteiger partial charge on any atom is -0.339 e. The molecule has 0 atom stereocenters. The number of aryl methyl sites for hydroxylation is 1. The molecule has 1 rings (SSSR count). The van der Waals surface area contributed by atoms with Crippen molar-refractivity contribution in [2.24, 2.45) is 0 Å². The molecule has 0 N–H and O–H groups in total. The van der Waals surface area contributed by atoms with Crippen molar-refractivity contribution in [2.75, 3.05) is 13.1 Å². The highest BCUT2D eigenvalue weighted by atomic mass is 16.2. The fourth-order valence-corrected chi connectivity index (χ4v) is 1.64. The zero-order chi connectivity index (χ0) is 12.1. The van der Waals surface area contributed by atoms with Crippen molar-refractivity contribution >= 4 is 12.2 Å². The third-order valence-corrected chi connectivity index (χ3v) is 2.62. The van der Waals surface area contributed by atoms with E-state index in [0.29, 0.717) is 24.2 Å². The summed E-state index contributed by atoms with van der Waals surface area (Å²) in [6.45, 7) is 7.08. The van der Waals surface area contributed by atoms with Gasteiger partial charge in [0.1, 0.15) is 0 Å². The lowest BCUT2D eigenvalue weighted by molar-refractivity contribution is 0.0770. The van der Waals surface area contributed by atoms with Crippen LogP contribution in [0, 0.1) is 6.92 Å². The first-order chi connectivity index (χ1) is 7.63. The lowest BCUT2D eigenvalue weighted by Gasteiger charge is -2.19. The molecule has 0 aliphatic carbocycles. The average molecular weight is 219 g/mol. The van der Waals surface area contributed by atoms with Crippen molar-refractivity contribution in [3.63, 3.8) is 0 Å². The Labute approximate surface area is 96.1 Å². The van der Waals surface area contributed by atoms with Gasteiger partial charge in [0.15, 0.2) is 6.29 Å². The number of hydrogen-bond acceptors (Lipinski definition) is 2. The quantitative estimate of drug-likeness (QED) is 0.728. The van der Waals surface area contributed by atoms with E-state index in [-0.39, 0.29) is 5.91 Å². The molecule has 0 fully saturated rings. The van der Waals surface area contributed by atoms with E-state index in [1.807, 2.05) is 26.8 Å². The normalized spacial score (nSPS) is 9.94. The lowest BCUT2D eigenvalue weighted by Crippen LogP contribution is -2.31. The molecule has 1 amide bonds. The number of carbonyl (C=O) groups excluding carboxylic acids is 2. The highest BCUT2D eigenvalue weighted by Crippen LogP contribution is 2.12. The molecule has 0 heterocycles. The van der Waals surface area contributed by atoms with E-state index in [1.165, 1.54) is 0 Å². The molecule has 0 bridgehead atoms. The third-order valence-electron chi connectivity index (χ3n) is 2.62. The van der Waals surface area contributed by atoms with Gasteiger partial charge >= 0.3 is 0 Å². The molecule has 0 aliphatic rings. The van der Waals surface area contributed by atoms with Gasteiger partial charge in [0.25, 0.3) is 5.91 Å². The molecular weight excluding hydrogens is 202 g/mol. The largest absolute Gasteiger partial charge is 0.339 e. The van der Waals surface area contributed by atoms with Gasteiger partial charge in [-0.3, -0.25) is 9.59 Å². The molecule has 0 saturated heterocycles. The van der Waals surface area contributed by atoms with E-state index >= 15 is 0 Å². The van der Waals surface area contributed by atoms with Crippen LogP contribution in [0.2, 0.25) is 0 Å². The molecule has 1 aromatic carbocycles. The number of hydrogen-bond donors (Lipinski definition) is 0. The van der Waals surface area contributed by atoms with Gasteiger partial charge in [-0.1, -0.05) is 17.7 Å². The van der Waals surface area contributed by atoms with Crippen LogP contribution >= 0.6 is 0 Å². The predicted molar refractivity (Wildman–Crippen MR) is 63.8 cm³/mol. The second-order valence-electron chi connectivity index (χ2n) is 3.69. The van der Waals surface area contributed by atoms with Crippen LogP contribution in [0.25, 0.3) is 0 Å². The first-order valence-electron chi connectivity index (χ1n) is 5.49. The molecule has 86 valence electrons. The fourth-order valence-electron chi connectivity index (χ4n) is 1.64. The van der Waals surface area contributed by atoms with E-state index in [2.05, 4.69) is 0 Å². The van der Waals surface area contributed by atoms with E-state index in [4.69, 9.17) is 0 Å². The molecule has 0 spiro atoms. The summed E-state index contributed by atoms with van der Waals surface area (Å²) in [6.07, 6.45) is 0.732. The Hall–Kier alpha value is -1.64. The summed E-state index contributed by atoms with van der Waals surface area (Å²) in [6, 6.07) is 5.30. The Balaban J connectivity index is 3.15. The van der Waals surface area contributed by atoms with Crippen molar-refractivity contribution in [2.45, 2.75) is 20.8 Å². The number of benzene rings is 1. The summed E-state index contributed by atoms with van der Waals surface area (Å²) in [5, 5.41) is 0. The molecule has 16 heavy (non-hydrogen) atoms. The number of rotatable bonds is 4. The summed E-state index contributed by atoms with van der Waals surface area (Å²) in [7, 11) is 0. The lowest BCUT2D eigenvalue weighted by atomic mass is 10.0. The van der Waals surface area contributed by atoms with Crippen LogP contribution < -0.4 is 0 Å². The van der Waals surface area contributed by atoms with Crippen molar-refractivity contribution < 1.29 is 9.59 Å². The van der Waals surface area contributed by atoms with Crippen molar-refractivity contribution in [1.82, 2.24) is 4.90 Å². The SMILES string of the molecule is CCN(CC)C(=O)c1cc(C)ccc1C=O. The number of aldehydes is 1. The van der Waals surface area contributed by atoms with Gasteiger partial charge in [0.05, 0.1) is 5.56 Å². The molecule has 0 unspecified atom stereocenters. The highest BCUT2D eigenvalue weighted by molar-refractivity contribution is 6.01. The molecule has 3 nitrogen and oxygen atoms in total. The van der Waals surface area contributed by atoms with E-state index < -0.39 is 0 Å². The van der Waals surface area contributed by atoms with Crippen LogP contribution in [0.1, 0.15) is 40.1 Å². The first-order valence-corrected chi connectivity index (χ1v) is 5.49. The van der Waals surface area contributed by atoms with Gasteiger partial charge < -0.3 is 4.90 Å². The van der Waals surface area contributed by atoms with Gasteiger partial charge in [-0.15, -0.1) is 0 Å². The number of carbonyl (C=O) groups is 2. The molecule has 1 aromatic rings. The van der Waals surface area contributed by atoms with Gasteiger partial charge in [-0.2, -0.15) is 0 Å². The van der Waals surface area contributed by atoms with Gasteiger partial charge in [-0.05, 0) is 26.8 Å². The molecule has 0 aliphatic heterocycles. The zero-order valence-electron chi connectivity index (χ0n) is 9.99. The van der Waals surface area contributed by atoms with Crippen molar-refractivity contribution in [3.05, 3.63) is 34.9 Å². The minimum absolute atomic E-state index is 0.0733. The maximum absolute atomic E-state index is 12.1. The second-order valence-corrected chi connectivity index (χ2v) is 3.69. The predicted octanol–water partition coefficient (Wildman–Crippen LogP) is 2.29. The summed E-state index contributed by atoms with van der Waals surface area (Å²) >= 11 is 0. The monoisotopic (exact) mass is 219 g/mol. The van der Waals surface area contributed by atoms with Crippen molar-refractivity contribution in [3.8, 4) is 0 Å². The van der Waals surface area contributed by atoms with E-state index in [0.717, 1.165) is 11.8 Å². The molecule has 0 saturated carbocycles. The van der Waals surface area contributed by atoms with Gasteiger partial charge in [0.2, 0.25) is 0 Å². The summed E-state index contributed by atoms with van der Waals surface area (Å²) in [5.41, 5.74) is 1.95. The Kier molecular flexibility index (Phi) is 4.23. The van der Waals surface area contributed by atoms with Crippen LogP contribution in [0.5, 0.6) is 0 Å². The van der Waals surface area contributed by atoms with Crippen LogP contribution in [0.15, 0.2) is 18.2 Å². The Morgan fingerprint density at radius 1 is 1.31 bits per heavy atom. The van der Waals surface area contributed by atoms with Crippen molar-refractivity contribution in [1.29, 1.82) is 0 Å². The van der Waals surface area contributed by atoms with Gasteiger partial charge in [-0.25, -0.2) is 0 Å². The third kappa shape index (κ3) is 2.48. The van der Waals surface area contributed by atoms with Crippen LogP contribution in [-0.2, 0) is 0 Å². The standard InChI is InChI=1S/C13H17NO2/c1-4-14(5-2)13(16)12-8-10(3)6-7-11(12)9-15/h6-9H,4-5H2,1-3H3. The smallest absolute Gasteiger partial charge is 0.254 e. The molecule has 0 aromatic heterocycles. The maximum atomic E-state index is 12.1. The van der Waals surface area contributed by atoms with Gasteiger partial charge in [0, 0.05) is 18.7 Å². The summed E-state index contributed by atoms with van der Waals surface area (Å²) < 4.78 is 0. The highest BCUT2D eigenvalue weighted by Gasteiger charge is 2.16. The van der Waals surface area contributed by atoms with Crippen LogP contribution in [0.3, 0.4) is 0 Å². The molecule has 0 radical (unpaired) electrons. The van der Waals surface area contributed by atoms with Crippen LogP contribution in [-0.4, -0.2) is 30.2 Å². The number of amides is 1.